The van der Waals surface area contributed by atoms with Crippen LogP contribution in [0.15, 0.2) is 33.4 Å². The second-order valence-electron chi connectivity index (χ2n) is 6.97. The summed E-state index contributed by atoms with van der Waals surface area (Å²) < 4.78 is 10.7. The number of aromatic nitrogens is 4. The molecular weight excluding hydrogens is 342 g/mol. The van der Waals surface area contributed by atoms with Crippen LogP contribution in [0.2, 0.25) is 0 Å². The molecule has 0 bridgehead atoms. The summed E-state index contributed by atoms with van der Waals surface area (Å²) in [6, 6.07) is 6.19. The molecule has 0 saturated carbocycles. The Morgan fingerprint density at radius 3 is 2.04 bits per heavy atom. The minimum atomic E-state index is 0.698. The fourth-order valence-electron chi connectivity index (χ4n) is 3.36. The van der Waals surface area contributed by atoms with Crippen molar-refractivity contribution in [3.63, 3.8) is 0 Å². The van der Waals surface area contributed by atoms with Crippen molar-refractivity contribution in [2.24, 2.45) is 0 Å². The van der Waals surface area contributed by atoms with Crippen LogP contribution in [-0.4, -0.2) is 25.2 Å². The highest BCUT2D eigenvalue weighted by Crippen LogP contribution is 2.22. The van der Waals surface area contributed by atoms with Gasteiger partial charge in [-0.15, -0.1) is 0 Å². The summed E-state index contributed by atoms with van der Waals surface area (Å²) in [7, 11) is 0. The average molecular weight is 365 g/mol. The van der Waals surface area contributed by atoms with Gasteiger partial charge in [0.1, 0.15) is 17.2 Å². The van der Waals surface area contributed by atoms with Crippen LogP contribution >= 0.6 is 0 Å². The highest BCUT2D eigenvalue weighted by Gasteiger charge is 2.19. The SMILES string of the molecule is Cc1noc(C)c1CN(Cc1ccc2cc[nH]c2n1)Cc1c(C)noc1C. The van der Waals surface area contributed by atoms with Gasteiger partial charge in [-0.25, -0.2) is 4.98 Å². The van der Waals surface area contributed by atoms with Crippen molar-refractivity contribution in [2.75, 3.05) is 0 Å². The van der Waals surface area contributed by atoms with Crippen molar-refractivity contribution < 1.29 is 9.05 Å². The number of hydrogen-bond donors (Lipinski definition) is 1. The Kier molecular flexibility index (Phi) is 4.53. The molecule has 0 spiro atoms. The first-order valence-electron chi connectivity index (χ1n) is 9.00. The number of hydrogen-bond acceptors (Lipinski definition) is 6. The molecule has 0 amide bonds. The fourth-order valence-corrected chi connectivity index (χ4v) is 3.36. The van der Waals surface area contributed by atoms with E-state index in [4.69, 9.17) is 14.0 Å². The molecule has 0 aliphatic heterocycles. The number of aryl methyl sites for hydroxylation is 4. The van der Waals surface area contributed by atoms with E-state index in [-0.39, 0.29) is 0 Å². The Morgan fingerprint density at radius 2 is 1.48 bits per heavy atom. The van der Waals surface area contributed by atoms with E-state index in [0.29, 0.717) is 6.54 Å². The highest BCUT2D eigenvalue weighted by atomic mass is 16.5. The Bertz CT molecular complexity index is 988. The van der Waals surface area contributed by atoms with Crippen LogP contribution in [0.25, 0.3) is 11.0 Å². The molecule has 4 aromatic rings. The molecule has 0 aromatic carbocycles. The zero-order chi connectivity index (χ0) is 19.0. The van der Waals surface area contributed by atoms with Crippen LogP contribution in [0.3, 0.4) is 0 Å². The molecular formula is C20H23N5O2. The third-order valence-corrected chi connectivity index (χ3v) is 4.98. The first kappa shape index (κ1) is 17.5. The van der Waals surface area contributed by atoms with E-state index >= 15 is 0 Å². The summed E-state index contributed by atoms with van der Waals surface area (Å²) in [6.07, 6.45) is 1.91. The van der Waals surface area contributed by atoms with Crippen molar-refractivity contribution in [3.05, 3.63) is 64.1 Å². The molecule has 0 aliphatic rings. The molecule has 0 atom stereocenters. The van der Waals surface area contributed by atoms with Gasteiger partial charge in [-0.3, -0.25) is 4.90 Å². The van der Waals surface area contributed by atoms with Crippen LogP contribution in [0.4, 0.5) is 0 Å². The topological polar surface area (TPSA) is 84.0 Å². The van der Waals surface area contributed by atoms with Crippen LogP contribution in [0.5, 0.6) is 0 Å². The van der Waals surface area contributed by atoms with Crippen LogP contribution in [0.1, 0.15) is 39.7 Å². The molecule has 0 saturated heterocycles. The van der Waals surface area contributed by atoms with E-state index in [1.54, 1.807) is 0 Å². The molecule has 0 aliphatic carbocycles. The number of aromatic amines is 1. The van der Waals surface area contributed by atoms with E-state index in [1.807, 2.05) is 40.0 Å². The Morgan fingerprint density at radius 1 is 0.852 bits per heavy atom. The minimum absolute atomic E-state index is 0.698. The minimum Gasteiger partial charge on any atom is -0.361 e. The maximum atomic E-state index is 5.35. The van der Waals surface area contributed by atoms with E-state index in [2.05, 4.69) is 32.3 Å². The Hall–Kier alpha value is -2.93. The highest BCUT2D eigenvalue weighted by molar-refractivity contribution is 5.75. The molecule has 0 fully saturated rings. The van der Waals surface area contributed by atoms with Gasteiger partial charge in [0, 0.05) is 42.3 Å². The predicted molar refractivity (Wildman–Crippen MR) is 101 cm³/mol. The number of pyridine rings is 1. The molecule has 4 heterocycles. The van der Waals surface area contributed by atoms with E-state index < -0.39 is 0 Å². The monoisotopic (exact) mass is 365 g/mol. The lowest BCUT2D eigenvalue weighted by molar-refractivity contribution is 0.241. The van der Waals surface area contributed by atoms with Gasteiger partial charge < -0.3 is 14.0 Å². The van der Waals surface area contributed by atoms with Crippen LogP contribution in [-0.2, 0) is 19.6 Å². The number of fused-ring (bicyclic) bond motifs is 1. The van der Waals surface area contributed by atoms with Crippen molar-refractivity contribution in [2.45, 2.75) is 47.3 Å². The van der Waals surface area contributed by atoms with Gasteiger partial charge in [-0.1, -0.05) is 10.3 Å². The molecule has 7 nitrogen and oxygen atoms in total. The lowest BCUT2D eigenvalue weighted by Crippen LogP contribution is -2.24. The molecule has 7 heteroatoms. The lowest BCUT2D eigenvalue weighted by Gasteiger charge is -2.22. The predicted octanol–water partition coefficient (Wildman–Crippen LogP) is 3.97. The second-order valence-corrected chi connectivity index (χ2v) is 6.97. The van der Waals surface area contributed by atoms with Gasteiger partial charge in [-0.2, -0.15) is 0 Å². The van der Waals surface area contributed by atoms with Gasteiger partial charge in [0.25, 0.3) is 0 Å². The summed E-state index contributed by atoms with van der Waals surface area (Å²) in [5, 5.41) is 9.29. The molecule has 1 N–H and O–H groups in total. The first-order chi connectivity index (χ1) is 13.0. The number of nitrogens with zero attached hydrogens (tertiary/aromatic N) is 4. The van der Waals surface area contributed by atoms with Gasteiger partial charge in [0.2, 0.25) is 0 Å². The van der Waals surface area contributed by atoms with E-state index in [0.717, 1.165) is 63.9 Å². The summed E-state index contributed by atoms with van der Waals surface area (Å²) in [6.45, 7) is 9.99. The number of H-pyrrole nitrogens is 1. The fraction of sp³-hybridized carbons (Fsp3) is 0.350. The van der Waals surface area contributed by atoms with Crippen molar-refractivity contribution in [1.29, 1.82) is 0 Å². The van der Waals surface area contributed by atoms with E-state index in [9.17, 15) is 0 Å². The second kappa shape index (κ2) is 7.00. The van der Waals surface area contributed by atoms with Gasteiger partial charge in [0.05, 0.1) is 17.1 Å². The number of nitrogens with one attached hydrogen (secondary N) is 1. The Balaban J connectivity index is 1.64. The smallest absolute Gasteiger partial charge is 0.138 e. The van der Waals surface area contributed by atoms with Crippen molar-refractivity contribution in [1.82, 2.24) is 25.2 Å². The van der Waals surface area contributed by atoms with Gasteiger partial charge in [-0.05, 0) is 45.9 Å². The largest absolute Gasteiger partial charge is 0.361 e. The quantitative estimate of drug-likeness (QED) is 0.556. The third-order valence-electron chi connectivity index (χ3n) is 4.98. The molecule has 4 rings (SSSR count). The summed E-state index contributed by atoms with van der Waals surface area (Å²) in [4.78, 5) is 10.2. The van der Waals surface area contributed by atoms with Crippen LogP contribution < -0.4 is 0 Å². The summed E-state index contributed by atoms with van der Waals surface area (Å²) in [5.74, 6) is 1.70. The normalized spacial score (nSPS) is 11.7. The Labute approximate surface area is 157 Å². The molecule has 4 aromatic heterocycles. The van der Waals surface area contributed by atoms with Gasteiger partial charge in [0.15, 0.2) is 0 Å². The van der Waals surface area contributed by atoms with Crippen LogP contribution in [0, 0.1) is 27.7 Å². The third kappa shape index (κ3) is 3.50. The van der Waals surface area contributed by atoms with E-state index in [1.165, 1.54) is 0 Å². The standard InChI is InChI=1S/C20H23N5O2/c1-12-18(14(3)26-23-12)10-25(11-19-13(2)24-27-15(19)4)9-17-6-5-16-7-8-21-20(16)22-17/h5-8H,9-11H2,1-4H3,(H,21,22). The molecule has 0 radical (unpaired) electrons. The average Bonchev–Trinajstić information content (AvgIpc) is 3.32. The summed E-state index contributed by atoms with van der Waals surface area (Å²) in [5.41, 5.74) is 5.98. The molecule has 140 valence electrons. The molecule has 0 unspecified atom stereocenters. The van der Waals surface area contributed by atoms with Crippen molar-refractivity contribution >= 4 is 11.0 Å². The maximum absolute atomic E-state index is 5.35. The first-order valence-corrected chi connectivity index (χ1v) is 9.00. The van der Waals surface area contributed by atoms with Gasteiger partial charge >= 0.3 is 0 Å². The molecule has 27 heavy (non-hydrogen) atoms. The summed E-state index contributed by atoms with van der Waals surface area (Å²) >= 11 is 0. The maximum Gasteiger partial charge on any atom is 0.138 e. The zero-order valence-electron chi connectivity index (χ0n) is 16.0. The lowest BCUT2D eigenvalue weighted by atomic mass is 10.1. The van der Waals surface area contributed by atoms with Crippen molar-refractivity contribution in [3.8, 4) is 0 Å². The zero-order valence-corrected chi connectivity index (χ0v) is 16.0. The number of rotatable bonds is 6.